The van der Waals surface area contributed by atoms with Crippen LogP contribution in [0, 0.1) is 0 Å². The Kier molecular flexibility index (Phi) is 9.54. The Morgan fingerprint density at radius 1 is 1.15 bits per heavy atom. The van der Waals surface area contributed by atoms with Gasteiger partial charge in [0.15, 0.2) is 6.10 Å². The molecule has 1 aromatic carbocycles. The van der Waals surface area contributed by atoms with E-state index >= 15 is 0 Å². The van der Waals surface area contributed by atoms with E-state index in [1.807, 2.05) is 0 Å². The van der Waals surface area contributed by atoms with E-state index < -0.39 is 31.3 Å². The molecular weight excluding hydrogens is 488 g/mol. The van der Waals surface area contributed by atoms with Crippen LogP contribution in [0.5, 0.6) is 17.4 Å². The highest BCUT2D eigenvalue weighted by molar-refractivity contribution is 7.53. The van der Waals surface area contributed by atoms with Crippen molar-refractivity contribution in [1.82, 2.24) is 10.3 Å². The maximum absolute atomic E-state index is 12.7. The second-order valence-electron chi connectivity index (χ2n) is 6.49. The molecule has 8 nitrogen and oxygen atoms in total. The van der Waals surface area contributed by atoms with Crippen LogP contribution in [0.25, 0.3) is 0 Å². The number of benzene rings is 1. The van der Waals surface area contributed by atoms with E-state index in [9.17, 15) is 22.5 Å². The third-order valence-corrected chi connectivity index (χ3v) is 6.07. The third-order valence-electron chi connectivity index (χ3n) is 3.95. The average molecular weight is 511 g/mol. The summed E-state index contributed by atoms with van der Waals surface area (Å²) >= 11 is 5.83. The molecule has 0 saturated heterocycles. The van der Waals surface area contributed by atoms with E-state index in [2.05, 4.69) is 10.3 Å². The van der Waals surface area contributed by atoms with Crippen molar-refractivity contribution in [1.29, 1.82) is 0 Å². The van der Waals surface area contributed by atoms with Crippen molar-refractivity contribution in [3.05, 3.63) is 47.1 Å². The number of aromatic nitrogens is 1. The van der Waals surface area contributed by atoms with E-state index in [1.54, 1.807) is 13.8 Å². The zero-order valence-corrected chi connectivity index (χ0v) is 19.7. The van der Waals surface area contributed by atoms with E-state index in [0.717, 1.165) is 6.07 Å². The second-order valence-corrected chi connectivity index (χ2v) is 8.95. The molecule has 0 aliphatic carbocycles. The Balaban J connectivity index is 1.94. The minimum atomic E-state index is -4.57. The molecule has 33 heavy (non-hydrogen) atoms. The van der Waals surface area contributed by atoms with Crippen molar-refractivity contribution in [2.24, 2.45) is 0 Å². The van der Waals surface area contributed by atoms with Gasteiger partial charge < -0.3 is 23.8 Å². The molecule has 1 atom stereocenters. The topological polar surface area (TPSA) is 96.0 Å². The number of alkyl halides is 3. The highest BCUT2D eigenvalue weighted by Crippen LogP contribution is 2.46. The number of carbonyl (C=O) groups excluding carboxylic acids is 1. The quantitative estimate of drug-likeness (QED) is 0.390. The van der Waals surface area contributed by atoms with Crippen LogP contribution < -0.4 is 14.8 Å². The third kappa shape index (κ3) is 8.19. The minimum absolute atomic E-state index is 0.167. The van der Waals surface area contributed by atoms with Crippen LogP contribution in [-0.4, -0.2) is 36.5 Å². The molecule has 182 valence electrons. The van der Waals surface area contributed by atoms with Gasteiger partial charge in [0.25, 0.3) is 5.91 Å². The van der Waals surface area contributed by atoms with Crippen molar-refractivity contribution in [2.75, 3.05) is 19.5 Å². The number of halogens is 4. The molecule has 2 aromatic rings. The van der Waals surface area contributed by atoms with Crippen LogP contribution in [0.1, 0.15) is 26.3 Å². The summed E-state index contributed by atoms with van der Waals surface area (Å²) in [6.45, 7) is 5.15. The van der Waals surface area contributed by atoms with Crippen LogP contribution in [0.15, 0.2) is 36.5 Å². The average Bonchev–Trinajstić information content (AvgIpc) is 2.74. The Morgan fingerprint density at radius 2 is 1.73 bits per heavy atom. The number of nitrogens with one attached hydrogen (secondary N) is 1. The van der Waals surface area contributed by atoms with Gasteiger partial charge >= 0.3 is 13.8 Å². The zero-order chi connectivity index (χ0) is 24.6. The number of amides is 1. The van der Waals surface area contributed by atoms with Gasteiger partial charge in [-0.25, -0.2) is 4.98 Å². The summed E-state index contributed by atoms with van der Waals surface area (Å²) in [7, 11) is -3.44. The molecule has 1 aromatic heterocycles. The van der Waals surface area contributed by atoms with Crippen molar-refractivity contribution >= 4 is 25.1 Å². The summed E-state index contributed by atoms with van der Waals surface area (Å²) in [5, 5.41) is 2.17. The lowest BCUT2D eigenvalue weighted by Gasteiger charge is -2.19. The molecule has 0 fully saturated rings. The van der Waals surface area contributed by atoms with Gasteiger partial charge in [0.1, 0.15) is 22.8 Å². The lowest BCUT2D eigenvalue weighted by atomic mass is 10.3. The molecule has 0 spiro atoms. The number of rotatable bonds is 11. The minimum Gasteiger partial charge on any atom is -0.481 e. The summed E-state index contributed by atoms with van der Waals surface area (Å²) < 4.78 is 71.6. The normalized spacial score (nSPS) is 12.8. The summed E-state index contributed by atoms with van der Waals surface area (Å²) in [6.07, 6.45) is -5.18. The zero-order valence-electron chi connectivity index (χ0n) is 18.0. The number of hydrogen-bond acceptors (Lipinski definition) is 7. The number of hydrogen-bond donors (Lipinski definition) is 1. The van der Waals surface area contributed by atoms with Crippen molar-refractivity contribution in [2.45, 2.75) is 33.1 Å². The number of pyridine rings is 1. The monoisotopic (exact) mass is 510 g/mol. The van der Waals surface area contributed by atoms with Crippen molar-refractivity contribution < 1.29 is 41.1 Å². The lowest BCUT2D eigenvalue weighted by molar-refractivity contribution is -0.137. The predicted molar refractivity (Wildman–Crippen MR) is 115 cm³/mol. The summed E-state index contributed by atoms with van der Waals surface area (Å²) in [5.41, 5.74) is -0.991. The van der Waals surface area contributed by atoms with Gasteiger partial charge in [-0.2, -0.15) is 13.2 Å². The fraction of sp³-hybridized carbons (Fsp3) is 0.400. The molecule has 0 saturated carbocycles. The molecule has 2 rings (SSSR count). The Labute approximate surface area is 193 Å². The maximum atomic E-state index is 12.7. The first kappa shape index (κ1) is 26.9. The molecular formula is C20H23ClF3N2O6P. The Bertz CT molecular complexity index is 981. The van der Waals surface area contributed by atoms with Crippen molar-refractivity contribution in [3.63, 3.8) is 0 Å². The van der Waals surface area contributed by atoms with Crippen molar-refractivity contribution in [3.8, 4) is 17.4 Å². The van der Waals surface area contributed by atoms with Crippen LogP contribution in [0.2, 0.25) is 5.02 Å². The largest absolute Gasteiger partial charge is 0.481 e. The molecule has 0 aliphatic heterocycles. The summed E-state index contributed by atoms with van der Waals surface area (Å²) in [5.74, 6) is -0.174. The van der Waals surface area contributed by atoms with Gasteiger partial charge in [-0.3, -0.25) is 9.36 Å². The van der Waals surface area contributed by atoms with Crippen LogP contribution in [0.4, 0.5) is 13.2 Å². The summed E-state index contributed by atoms with van der Waals surface area (Å²) in [4.78, 5) is 15.8. The molecule has 0 radical (unpaired) electrons. The molecule has 13 heteroatoms. The SMILES string of the molecule is CCOP(=O)(CNC(=O)C(C)Oc1ccc(Oc2ncc(C(F)(F)F)cc2Cl)cc1)OCC. The van der Waals surface area contributed by atoms with Gasteiger partial charge in [0.05, 0.1) is 18.8 Å². The highest BCUT2D eigenvalue weighted by Gasteiger charge is 2.32. The van der Waals surface area contributed by atoms with Gasteiger partial charge in [0.2, 0.25) is 5.88 Å². The van der Waals surface area contributed by atoms with Gasteiger partial charge in [0, 0.05) is 6.20 Å². The van der Waals surface area contributed by atoms with Gasteiger partial charge in [-0.05, 0) is 51.1 Å². The molecule has 1 N–H and O–H groups in total. The first-order valence-corrected chi connectivity index (χ1v) is 11.9. The fourth-order valence-corrected chi connectivity index (χ4v) is 4.05. The number of ether oxygens (including phenoxy) is 2. The highest BCUT2D eigenvalue weighted by atomic mass is 35.5. The van der Waals surface area contributed by atoms with Crippen LogP contribution in [-0.2, 0) is 24.6 Å². The molecule has 1 amide bonds. The second kappa shape index (κ2) is 11.7. The number of carbonyl (C=O) groups is 1. The standard InChI is InChI=1S/C20H23ClF3N2O6P/c1-4-29-33(28,30-5-2)12-26-18(27)13(3)31-15-6-8-16(9-7-15)32-19-17(21)10-14(11-25-19)20(22,23)24/h6-11,13H,4-5,12H2,1-3H3,(H,26,27). The van der Waals surface area contributed by atoms with Crippen LogP contribution >= 0.6 is 19.2 Å². The molecule has 0 bridgehead atoms. The molecule has 1 heterocycles. The van der Waals surface area contributed by atoms with E-state index in [4.69, 9.17) is 30.1 Å². The van der Waals surface area contributed by atoms with Crippen LogP contribution in [0.3, 0.4) is 0 Å². The van der Waals surface area contributed by atoms with E-state index in [1.165, 1.54) is 31.2 Å². The fourth-order valence-electron chi connectivity index (χ4n) is 2.45. The first-order chi connectivity index (χ1) is 15.5. The Hall–Kier alpha value is -2.33. The Morgan fingerprint density at radius 3 is 2.24 bits per heavy atom. The molecule has 0 aliphatic rings. The lowest BCUT2D eigenvalue weighted by Crippen LogP contribution is -2.37. The summed E-state index contributed by atoms with van der Waals surface area (Å²) in [6, 6.07) is 6.63. The van der Waals surface area contributed by atoms with E-state index in [0.29, 0.717) is 11.9 Å². The molecule has 1 unspecified atom stereocenters. The van der Waals surface area contributed by atoms with E-state index in [-0.39, 0.29) is 36.2 Å². The number of nitrogens with zero attached hydrogens (tertiary/aromatic N) is 1. The van der Waals surface area contributed by atoms with Gasteiger partial charge in [-0.15, -0.1) is 0 Å². The maximum Gasteiger partial charge on any atom is 0.417 e. The smallest absolute Gasteiger partial charge is 0.417 e. The predicted octanol–water partition coefficient (Wildman–Crippen LogP) is 5.65. The van der Waals surface area contributed by atoms with Gasteiger partial charge in [-0.1, -0.05) is 11.6 Å². The first-order valence-electron chi connectivity index (χ1n) is 9.80.